The molecule has 0 spiro atoms. The Morgan fingerprint density at radius 2 is 1.83 bits per heavy atom. The number of para-hydroxylation sites is 1. The number of nitrogens with zero attached hydrogens (tertiary/aromatic N) is 4. The van der Waals surface area contributed by atoms with E-state index in [0.29, 0.717) is 42.7 Å². The minimum Gasteiger partial charge on any atom is -0.494 e. The van der Waals surface area contributed by atoms with Crippen LogP contribution in [0.25, 0.3) is 11.0 Å². The first-order valence-corrected chi connectivity index (χ1v) is 11.7. The van der Waals surface area contributed by atoms with Crippen LogP contribution >= 0.6 is 0 Å². The van der Waals surface area contributed by atoms with Gasteiger partial charge >= 0.3 is 18.0 Å². The molecule has 0 atom stereocenters. The van der Waals surface area contributed by atoms with Crippen molar-refractivity contribution in [2.75, 3.05) is 20.2 Å². The van der Waals surface area contributed by atoms with Gasteiger partial charge in [0.15, 0.2) is 0 Å². The maximum Gasteiger partial charge on any atom is 0.416 e. The number of benzene rings is 1. The lowest BCUT2D eigenvalue weighted by Crippen LogP contribution is -2.43. The largest absolute Gasteiger partial charge is 0.494 e. The van der Waals surface area contributed by atoms with Crippen molar-refractivity contribution < 1.29 is 27.4 Å². The van der Waals surface area contributed by atoms with Crippen LogP contribution in [-0.4, -0.2) is 50.9 Å². The SMILES string of the molecule is COc1cccc2c1n(Cc1cnccc1C(F)(F)F)c(=O)n2C1CCN(C(=O)OC(C)(C)C)CC1. The number of aromatic nitrogens is 3. The van der Waals surface area contributed by atoms with E-state index in [0.717, 1.165) is 18.5 Å². The lowest BCUT2D eigenvalue weighted by atomic mass is 10.0. The molecular formula is C25H29F3N4O4. The van der Waals surface area contributed by atoms with E-state index in [1.807, 2.05) is 0 Å². The predicted molar refractivity (Wildman–Crippen MR) is 127 cm³/mol. The van der Waals surface area contributed by atoms with Gasteiger partial charge in [-0.25, -0.2) is 9.59 Å². The maximum absolute atomic E-state index is 13.7. The molecule has 1 aromatic carbocycles. The second kappa shape index (κ2) is 9.51. The van der Waals surface area contributed by atoms with Crippen LogP contribution in [0.4, 0.5) is 18.0 Å². The van der Waals surface area contributed by atoms with Gasteiger partial charge in [-0.15, -0.1) is 0 Å². The number of pyridine rings is 1. The number of methoxy groups -OCH3 is 1. The second-order valence-electron chi connectivity index (χ2n) is 9.80. The second-order valence-corrected chi connectivity index (χ2v) is 9.80. The van der Waals surface area contributed by atoms with E-state index >= 15 is 0 Å². The number of carbonyl (C=O) groups excluding carboxylic acids is 1. The summed E-state index contributed by atoms with van der Waals surface area (Å²) in [4.78, 5) is 31.6. The topological polar surface area (TPSA) is 78.6 Å². The highest BCUT2D eigenvalue weighted by atomic mass is 19.4. The molecule has 3 aromatic rings. The highest BCUT2D eigenvalue weighted by Crippen LogP contribution is 2.34. The van der Waals surface area contributed by atoms with Crippen molar-refractivity contribution in [3.8, 4) is 5.75 Å². The Labute approximate surface area is 206 Å². The molecule has 0 radical (unpaired) electrons. The summed E-state index contributed by atoms with van der Waals surface area (Å²) in [5.41, 5.74) is -1.04. The molecule has 8 nitrogen and oxygen atoms in total. The molecule has 1 fully saturated rings. The third-order valence-corrected chi connectivity index (χ3v) is 6.18. The Morgan fingerprint density at radius 1 is 1.14 bits per heavy atom. The van der Waals surface area contributed by atoms with E-state index in [9.17, 15) is 22.8 Å². The van der Waals surface area contributed by atoms with Gasteiger partial charge in [0.2, 0.25) is 0 Å². The smallest absolute Gasteiger partial charge is 0.416 e. The predicted octanol–water partition coefficient (Wildman–Crippen LogP) is 4.85. The van der Waals surface area contributed by atoms with Gasteiger partial charge in [0, 0.05) is 37.1 Å². The number of hydrogen-bond acceptors (Lipinski definition) is 5. The number of imidazole rings is 1. The van der Waals surface area contributed by atoms with Crippen molar-refractivity contribution >= 4 is 17.1 Å². The number of halogens is 3. The quantitative estimate of drug-likeness (QED) is 0.506. The minimum atomic E-state index is -4.58. The summed E-state index contributed by atoms with van der Waals surface area (Å²) in [6.45, 7) is 5.86. The summed E-state index contributed by atoms with van der Waals surface area (Å²) in [7, 11) is 1.45. The fourth-order valence-electron chi connectivity index (χ4n) is 4.60. The van der Waals surface area contributed by atoms with Crippen LogP contribution < -0.4 is 10.4 Å². The summed E-state index contributed by atoms with van der Waals surface area (Å²) in [6.07, 6.45) is -1.79. The molecule has 1 amide bonds. The Hall–Kier alpha value is -3.50. The molecule has 0 saturated carbocycles. The number of hydrogen-bond donors (Lipinski definition) is 0. The van der Waals surface area contributed by atoms with E-state index < -0.39 is 29.1 Å². The van der Waals surface area contributed by atoms with Crippen molar-refractivity contribution in [2.45, 2.75) is 58.0 Å². The van der Waals surface area contributed by atoms with E-state index in [4.69, 9.17) is 9.47 Å². The molecule has 0 N–H and O–H groups in total. The zero-order valence-electron chi connectivity index (χ0n) is 20.6. The lowest BCUT2D eigenvalue weighted by Gasteiger charge is -2.33. The zero-order chi connectivity index (χ0) is 26.3. The first kappa shape index (κ1) is 25.6. The molecular weight excluding hydrogens is 477 g/mol. The van der Waals surface area contributed by atoms with Gasteiger partial charge < -0.3 is 14.4 Å². The number of piperidine rings is 1. The maximum atomic E-state index is 13.7. The third kappa shape index (κ3) is 5.05. The molecule has 194 valence electrons. The number of carbonyl (C=O) groups is 1. The highest BCUT2D eigenvalue weighted by molar-refractivity contribution is 5.83. The van der Waals surface area contributed by atoms with E-state index in [1.165, 1.54) is 11.7 Å². The van der Waals surface area contributed by atoms with E-state index in [1.54, 1.807) is 48.4 Å². The molecule has 0 bridgehead atoms. The molecule has 1 aliphatic heterocycles. The van der Waals surface area contributed by atoms with Crippen LogP contribution in [0, 0.1) is 0 Å². The Morgan fingerprint density at radius 3 is 2.44 bits per heavy atom. The molecule has 3 heterocycles. The van der Waals surface area contributed by atoms with Gasteiger partial charge in [0.25, 0.3) is 0 Å². The van der Waals surface area contributed by atoms with Crippen LogP contribution in [-0.2, 0) is 17.5 Å². The fourth-order valence-corrected chi connectivity index (χ4v) is 4.60. The van der Waals surface area contributed by atoms with Crippen LogP contribution in [0.3, 0.4) is 0 Å². The summed E-state index contributed by atoms with van der Waals surface area (Å²) in [5, 5.41) is 0. The number of fused-ring (bicyclic) bond motifs is 1. The highest BCUT2D eigenvalue weighted by Gasteiger charge is 2.34. The molecule has 1 aliphatic rings. The Kier molecular flexibility index (Phi) is 6.76. The van der Waals surface area contributed by atoms with Crippen LogP contribution in [0.15, 0.2) is 41.5 Å². The first-order valence-electron chi connectivity index (χ1n) is 11.7. The van der Waals surface area contributed by atoms with Crippen LogP contribution in [0.5, 0.6) is 5.75 Å². The molecule has 36 heavy (non-hydrogen) atoms. The standard InChI is InChI=1S/C25H29F3N4O4/c1-24(2,3)36-23(34)30-12-9-17(10-13-30)32-19-6-5-7-20(35-4)21(19)31(22(32)33)15-16-14-29-11-8-18(16)25(26,27)28/h5-8,11,14,17H,9-10,12-13,15H2,1-4H3. The van der Waals surface area contributed by atoms with Crippen molar-refractivity contribution in [1.82, 2.24) is 19.0 Å². The van der Waals surface area contributed by atoms with Gasteiger partial charge in [0.05, 0.1) is 24.7 Å². The summed E-state index contributed by atoms with van der Waals surface area (Å²) in [5.74, 6) is 0.381. The van der Waals surface area contributed by atoms with Gasteiger partial charge in [-0.2, -0.15) is 13.2 Å². The molecule has 0 aliphatic carbocycles. The monoisotopic (exact) mass is 506 g/mol. The van der Waals surface area contributed by atoms with Crippen molar-refractivity contribution in [1.29, 1.82) is 0 Å². The van der Waals surface area contributed by atoms with Crippen molar-refractivity contribution in [2.24, 2.45) is 0 Å². The zero-order valence-corrected chi connectivity index (χ0v) is 20.6. The van der Waals surface area contributed by atoms with Crippen LogP contribution in [0.1, 0.15) is 50.8 Å². The summed E-state index contributed by atoms with van der Waals surface area (Å²) < 4.78 is 54.7. The fraction of sp³-hybridized carbons (Fsp3) is 0.480. The van der Waals surface area contributed by atoms with E-state index in [-0.39, 0.29) is 18.2 Å². The van der Waals surface area contributed by atoms with Gasteiger partial charge in [-0.1, -0.05) is 6.07 Å². The van der Waals surface area contributed by atoms with Gasteiger partial charge in [-0.05, 0) is 51.8 Å². The van der Waals surface area contributed by atoms with E-state index in [2.05, 4.69) is 4.98 Å². The number of amides is 1. The van der Waals surface area contributed by atoms with Crippen LogP contribution in [0.2, 0.25) is 0 Å². The number of likely N-dealkylation sites (tertiary alicyclic amines) is 1. The number of alkyl halides is 3. The summed E-state index contributed by atoms with van der Waals surface area (Å²) in [6, 6.07) is 5.82. The average molecular weight is 507 g/mol. The minimum absolute atomic E-state index is 0.114. The molecule has 4 rings (SSSR count). The normalized spacial score (nSPS) is 15.4. The van der Waals surface area contributed by atoms with Gasteiger partial charge in [0.1, 0.15) is 16.9 Å². The molecule has 0 unspecified atom stereocenters. The Bertz CT molecular complexity index is 1320. The van der Waals surface area contributed by atoms with Crippen molar-refractivity contribution in [3.05, 3.63) is 58.3 Å². The van der Waals surface area contributed by atoms with Gasteiger partial charge in [-0.3, -0.25) is 14.1 Å². The summed E-state index contributed by atoms with van der Waals surface area (Å²) >= 11 is 0. The first-order chi connectivity index (χ1) is 16.9. The number of rotatable bonds is 4. The molecule has 2 aromatic heterocycles. The Balaban J connectivity index is 1.72. The third-order valence-electron chi connectivity index (χ3n) is 6.18. The molecule has 11 heteroatoms. The van der Waals surface area contributed by atoms with Crippen molar-refractivity contribution in [3.63, 3.8) is 0 Å². The number of ether oxygens (including phenoxy) is 2. The average Bonchev–Trinajstić information content (AvgIpc) is 3.09. The molecule has 1 saturated heterocycles. The lowest BCUT2D eigenvalue weighted by molar-refractivity contribution is -0.138.